The monoisotopic (exact) mass is 669 g/mol. The Bertz CT molecular complexity index is 1890. The van der Waals surface area contributed by atoms with E-state index in [2.05, 4.69) is 20.7 Å². The zero-order valence-corrected chi connectivity index (χ0v) is 29.3. The lowest BCUT2D eigenvalue weighted by Crippen LogP contribution is -2.45. The van der Waals surface area contributed by atoms with E-state index in [-0.39, 0.29) is 24.4 Å². The molecule has 2 heterocycles. The zero-order chi connectivity index (χ0) is 34.4. The van der Waals surface area contributed by atoms with E-state index in [1.165, 1.54) is 0 Å². The number of benzene rings is 3. The van der Waals surface area contributed by atoms with Crippen molar-refractivity contribution in [2.75, 3.05) is 26.9 Å². The molecule has 0 aliphatic carbocycles. The molecule has 0 aliphatic rings. The number of methoxy groups -OCH3 is 1. The van der Waals surface area contributed by atoms with Gasteiger partial charge in [-0.2, -0.15) is 5.10 Å². The summed E-state index contributed by atoms with van der Waals surface area (Å²) in [5.74, 6) is 0.127. The molecule has 2 amide bonds. The number of nitrogens with one attached hydrogen (secondary N) is 3. The van der Waals surface area contributed by atoms with Gasteiger partial charge in [0.2, 0.25) is 5.91 Å². The fourth-order valence-electron chi connectivity index (χ4n) is 6.31. The Hall–Kier alpha value is -4.60. The maximum Gasteiger partial charge on any atom is 0.268 e. The fourth-order valence-corrected chi connectivity index (χ4v) is 6.42. The quantitative estimate of drug-likeness (QED) is 0.116. The molecule has 0 saturated carbocycles. The zero-order valence-electron chi connectivity index (χ0n) is 28.5. The van der Waals surface area contributed by atoms with E-state index < -0.39 is 0 Å². The summed E-state index contributed by atoms with van der Waals surface area (Å²) in [6.07, 6.45) is 1.87. The number of carbonyl (C=O) groups is 2. The molecule has 0 unspecified atom stereocenters. The lowest BCUT2D eigenvalue weighted by molar-refractivity contribution is -0.121. The van der Waals surface area contributed by atoms with Crippen LogP contribution in [0.3, 0.4) is 0 Å². The molecule has 0 spiro atoms. The van der Waals surface area contributed by atoms with Crippen LogP contribution in [0.4, 0.5) is 0 Å². The number of ether oxygens (including phenoxy) is 2. The van der Waals surface area contributed by atoms with E-state index in [9.17, 15) is 9.59 Å². The second-order valence-electron chi connectivity index (χ2n) is 12.3. The van der Waals surface area contributed by atoms with E-state index in [4.69, 9.17) is 21.1 Å². The van der Waals surface area contributed by atoms with Gasteiger partial charge in [-0.3, -0.25) is 14.3 Å². The minimum absolute atomic E-state index is 0.172. The van der Waals surface area contributed by atoms with E-state index in [0.717, 1.165) is 66.4 Å². The lowest BCUT2D eigenvalue weighted by atomic mass is 9.98. The second kappa shape index (κ2) is 15.5. The first-order valence-corrected chi connectivity index (χ1v) is 16.6. The van der Waals surface area contributed by atoms with E-state index >= 15 is 0 Å². The third-order valence-corrected chi connectivity index (χ3v) is 9.26. The van der Waals surface area contributed by atoms with Crippen molar-refractivity contribution < 1.29 is 19.1 Å². The molecule has 3 aromatic carbocycles. The average molecular weight is 670 g/mol. The third kappa shape index (κ3) is 7.91. The number of hydrogen-bond acceptors (Lipinski definition) is 5. The summed E-state index contributed by atoms with van der Waals surface area (Å²) in [6.45, 7) is 8.59. The molecule has 0 fully saturated rings. The van der Waals surface area contributed by atoms with Crippen LogP contribution in [0.1, 0.15) is 50.6 Å². The number of aryl methyl sites for hydroxylation is 5. The Morgan fingerprint density at radius 2 is 1.75 bits per heavy atom. The van der Waals surface area contributed by atoms with E-state index in [1.54, 1.807) is 7.11 Å². The summed E-state index contributed by atoms with van der Waals surface area (Å²) < 4.78 is 13.3. The summed E-state index contributed by atoms with van der Waals surface area (Å²) in [6, 6.07) is 19.6. The fraction of sp³-hybridized carbons (Fsp3) is 0.342. The highest BCUT2D eigenvalue weighted by Crippen LogP contribution is 2.35. The van der Waals surface area contributed by atoms with Gasteiger partial charge in [0, 0.05) is 41.4 Å². The van der Waals surface area contributed by atoms with Gasteiger partial charge < -0.3 is 25.1 Å². The largest absolute Gasteiger partial charge is 0.494 e. The first-order valence-electron chi connectivity index (χ1n) is 16.2. The molecule has 0 radical (unpaired) electrons. The van der Waals surface area contributed by atoms with Crippen molar-refractivity contribution in [1.29, 1.82) is 0 Å². The number of para-hydroxylation sites is 1. The first-order chi connectivity index (χ1) is 23.1. The third-order valence-electron chi connectivity index (χ3n) is 8.66. The van der Waals surface area contributed by atoms with Crippen molar-refractivity contribution in [3.8, 4) is 16.9 Å². The smallest absolute Gasteiger partial charge is 0.268 e. The van der Waals surface area contributed by atoms with Gasteiger partial charge in [-0.15, -0.1) is 0 Å². The number of carbonyl (C=O) groups excluding carboxylic acids is 2. The summed E-state index contributed by atoms with van der Waals surface area (Å²) >= 11 is 6.34. The van der Waals surface area contributed by atoms with E-state index in [1.807, 2.05) is 100 Å². The molecular formula is C38H44ClN5O4. The topological polar surface area (TPSA) is 110 Å². The van der Waals surface area contributed by atoms with Gasteiger partial charge >= 0.3 is 0 Å². The van der Waals surface area contributed by atoms with Crippen LogP contribution < -0.4 is 15.4 Å². The van der Waals surface area contributed by atoms with Gasteiger partial charge in [0.25, 0.3) is 5.91 Å². The van der Waals surface area contributed by atoms with Crippen LogP contribution >= 0.6 is 11.6 Å². The number of H-pyrrole nitrogens is 1. The van der Waals surface area contributed by atoms with Crippen molar-refractivity contribution in [3.63, 3.8) is 0 Å². The van der Waals surface area contributed by atoms with Gasteiger partial charge in [-0.25, -0.2) is 0 Å². The molecule has 48 heavy (non-hydrogen) atoms. The number of fused-ring (bicyclic) bond motifs is 1. The Kier molecular flexibility index (Phi) is 11.2. The number of rotatable bonds is 14. The highest BCUT2D eigenvalue weighted by molar-refractivity contribution is 6.32. The number of amides is 2. The maximum absolute atomic E-state index is 13.8. The van der Waals surface area contributed by atoms with Gasteiger partial charge in [-0.1, -0.05) is 60.1 Å². The number of nitrogens with zero attached hydrogens (tertiary/aromatic N) is 2. The summed E-state index contributed by atoms with van der Waals surface area (Å²) in [7, 11) is 3.53. The van der Waals surface area contributed by atoms with Crippen molar-refractivity contribution in [2.45, 2.75) is 53.0 Å². The van der Waals surface area contributed by atoms with Gasteiger partial charge in [-0.05, 0) is 81.3 Å². The maximum atomic E-state index is 13.8. The highest BCUT2D eigenvalue weighted by atomic mass is 35.5. The Morgan fingerprint density at radius 1 is 1.02 bits per heavy atom. The molecule has 0 bridgehead atoms. The van der Waals surface area contributed by atoms with Crippen LogP contribution in [0, 0.1) is 27.7 Å². The van der Waals surface area contributed by atoms with Crippen molar-refractivity contribution in [1.82, 2.24) is 25.4 Å². The van der Waals surface area contributed by atoms with Crippen LogP contribution in [-0.2, 0) is 29.4 Å². The molecule has 1 atom stereocenters. The van der Waals surface area contributed by atoms with Crippen molar-refractivity contribution in [3.05, 3.63) is 105 Å². The van der Waals surface area contributed by atoms with Crippen LogP contribution in [0.2, 0.25) is 5.02 Å². The van der Waals surface area contributed by atoms with E-state index in [0.29, 0.717) is 38.2 Å². The number of aromatic amines is 1. The Morgan fingerprint density at radius 3 is 2.42 bits per heavy atom. The molecule has 10 heteroatoms. The Labute approximate surface area is 287 Å². The summed E-state index contributed by atoms with van der Waals surface area (Å²) in [5, 5.41) is 12.2. The van der Waals surface area contributed by atoms with Crippen LogP contribution in [0.15, 0.2) is 60.7 Å². The summed E-state index contributed by atoms with van der Waals surface area (Å²) in [5.41, 5.74) is 9.12. The normalized spacial score (nSPS) is 11.9. The number of aromatic nitrogens is 3. The molecule has 5 aromatic rings. The molecule has 252 valence electrons. The molecule has 3 N–H and O–H groups in total. The van der Waals surface area contributed by atoms with Gasteiger partial charge in [0.05, 0.1) is 37.0 Å². The lowest BCUT2D eigenvalue weighted by Gasteiger charge is -2.18. The van der Waals surface area contributed by atoms with Crippen molar-refractivity contribution in [2.24, 2.45) is 7.05 Å². The Balaban J connectivity index is 1.36. The molecule has 0 saturated heterocycles. The van der Waals surface area contributed by atoms with Crippen LogP contribution in [-0.4, -0.2) is 59.5 Å². The minimum Gasteiger partial charge on any atom is -0.494 e. The molecule has 9 nitrogen and oxygen atoms in total. The molecular weight excluding hydrogens is 626 g/mol. The highest BCUT2D eigenvalue weighted by Gasteiger charge is 2.23. The van der Waals surface area contributed by atoms with Gasteiger partial charge in [0.1, 0.15) is 11.4 Å². The minimum atomic E-state index is -0.349. The molecule has 5 rings (SSSR count). The first kappa shape index (κ1) is 34.7. The number of hydrogen-bond donors (Lipinski definition) is 3. The SMILES string of the molecule is COC[C@H](Cc1ccccc1)NC(=O)CNC(=O)c1[nH]c2c(-c3c(C)nn(C)c3C)cccc2c1CCCOc1cc(C)c(Cl)c(C)c1. The predicted molar refractivity (Wildman–Crippen MR) is 191 cm³/mol. The average Bonchev–Trinajstić information content (AvgIpc) is 3.56. The van der Waals surface area contributed by atoms with Crippen LogP contribution in [0.5, 0.6) is 5.75 Å². The second-order valence-corrected chi connectivity index (χ2v) is 12.7. The predicted octanol–water partition coefficient (Wildman–Crippen LogP) is 6.57. The van der Waals surface area contributed by atoms with Gasteiger partial charge in [0.15, 0.2) is 0 Å². The molecule has 0 aliphatic heterocycles. The van der Waals surface area contributed by atoms with Crippen molar-refractivity contribution >= 4 is 34.3 Å². The standard InChI is InChI=1S/C38H44ClN5O4/c1-23-18-29(19-24(2)35(23)39)48-17-11-16-31-30-14-10-15-32(34-25(3)43-44(5)26(34)4)36(30)42-37(31)38(46)40-21-33(45)41-28(22-47-6)20-27-12-8-7-9-13-27/h7-10,12-15,18-19,28,42H,11,16-17,20-22H2,1-6H3,(H,40,46)(H,41,45)/t28-/m0/s1. The summed E-state index contributed by atoms with van der Waals surface area (Å²) in [4.78, 5) is 30.2. The molecule has 2 aromatic heterocycles. The number of halogens is 1. The van der Waals surface area contributed by atoms with Crippen LogP contribution in [0.25, 0.3) is 22.0 Å².